The molecule has 1 aromatic heterocycles. The summed E-state index contributed by atoms with van der Waals surface area (Å²) in [5.41, 5.74) is 0.104. The average molecular weight is 254 g/mol. The molecular formula is C10H8ClN3O3. The number of pyridine rings is 1. The Morgan fingerprint density at radius 1 is 1.59 bits per heavy atom. The third-order valence-electron chi connectivity index (χ3n) is 1.67. The number of nitrogens with one attached hydrogen (secondary N) is 1. The van der Waals surface area contributed by atoms with Crippen LogP contribution in [0.25, 0.3) is 0 Å². The smallest absolute Gasteiger partial charge is 0.397 e. The number of carbonyl (C=O) groups is 2. The number of anilines is 1. The lowest BCUT2D eigenvalue weighted by atomic mass is 10.3. The van der Waals surface area contributed by atoms with E-state index in [9.17, 15) is 9.59 Å². The Kier molecular flexibility index (Phi) is 4.43. The summed E-state index contributed by atoms with van der Waals surface area (Å²) in [5.74, 6) is -2.12. The highest BCUT2D eigenvalue weighted by atomic mass is 35.5. The second-order valence-corrected chi connectivity index (χ2v) is 3.20. The molecule has 0 atom stereocenters. The summed E-state index contributed by atoms with van der Waals surface area (Å²) in [6, 6.07) is 4.60. The van der Waals surface area contributed by atoms with Gasteiger partial charge in [-0.3, -0.25) is 10.1 Å². The highest BCUT2D eigenvalue weighted by Crippen LogP contribution is 2.15. The number of esters is 1. The molecule has 7 heteroatoms. The second kappa shape index (κ2) is 5.82. The van der Waals surface area contributed by atoms with Gasteiger partial charge in [0.15, 0.2) is 5.82 Å². The zero-order valence-electron chi connectivity index (χ0n) is 8.86. The monoisotopic (exact) mass is 253 g/mol. The van der Waals surface area contributed by atoms with Crippen molar-refractivity contribution in [3.05, 3.63) is 22.8 Å². The van der Waals surface area contributed by atoms with Gasteiger partial charge in [0, 0.05) is 0 Å². The van der Waals surface area contributed by atoms with Crippen LogP contribution in [0.1, 0.15) is 12.5 Å². The minimum Gasteiger partial charge on any atom is -0.459 e. The van der Waals surface area contributed by atoms with Crippen LogP contribution in [0.15, 0.2) is 12.1 Å². The standard InChI is InChI=1S/C10H8ClN3O3/c1-2-17-10(16)9(15)14-8-6(5-12)3-4-7(11)13-8/h3-4H,2H2,1H3,(H,13,14,15). The van der Waals surface area contributed by atoms with Gasteiger partial charge in [-0.15, -0.1) is 0 Å². The number of hydrogen-bond donors (Lipinski definition) is 1. The Bertz CT molecular complexity index is 496. The summed E-state index contributed by atoms with van der Waals surface area (Å²) in [7, 11) is 0. The van der Waals surface area contributed by atoms with Crippen molar-refractivity contribution in [3.8, 4) is 6.07 Å². The molecule has 0 saturated carbocycles. The summed E-state index contributed by atoms with van der Waals surface area (Å²) < 4.78 is 4.48. The number of hydrogen-bond acceptors (Lipinski definition) is 5. The quantitative estimate of drug-likeness (QED) is 0.484. The van der Waals surface area contributed by atoms with Crippen LogP contribution in [0, 0.1) is 11.3 Å². The predicted octanol–water partition coefficient (Wildman–Crippen LogP) is 1.11. The minimum atomic E-state index is -1.04. The topological polar surface area (TPSA) is 92.1 Å². The molecule has 0 fully saturated rings. The molecule has 1 rings (SSSR count). The molecule has 1 amide bonds. The first-order chi connectivity index (χ1) is 8.08. The molecule has 17 heavy (non-hydrogen) atoms. The van der Waals surface area contributed by atoms with E-state index >= 15 is 0 Å². The van der Waals surface area contributed by atoms with Gasteiger partial charge in [-0.25, -0.2) is 9.78 Å². The van der Waals surface area contributed by atoms with Crippen molar-refractivity contribution in [2.45, 2.75) is 6.92 Å². The van der Waals surface area contributed by atoms with E-state index in [0.717, 1.165) is 0 Å². The van der Waals surface area contributed by atoms with Gasteiger partial charge in [-0.2, -0.15) is 5.26 Å². The summed E-state index contributed by atoms with van der Waals surface area (Å²) in [6.07, 6.45) is 0. The molecule has 1 aromatic rings. The van der Waals surface area contributed by atoms with Crippen LogP contribution in [0.5, 0.6) is 0 Å². The van der Waals surface area contributed by atoms with Gasteiger partial charge < -0.3 is 4.74 Å². The van der Waals surface area contributed by atoms with Crippen molar-refractivity contribution < 1.29 is 14.3 Å². The first kappa shape index (κ1) is 12.9. The third kappa shape index (κ3) is 3.43. The number of carbonyl (C=O) groups excluding carboxylic acids is 2. The highest BCUT2D eigenvalue weighted by molar-refractivity contribution is 6.37. The SMILES string of the molecule is CCOC(=O)C(=O)Nc1nc(Cl)ccc1C#N. The van der Waals surface area contributed by atoms with Crippen molar-refractivity contribution in [3.63, 3.8) is 0 Å². The molecule has 88 valence electrons. The fourth-order valence-corrected chi connectivity index (χ4v) is 1.12. The first-order valence-electron chi connectivity index (χ1n) is 4.63. The summed E-state index contributed by atoms with van der Waals surface area (Å²) in [6.45, 7) is 1.66. The number of nitrogens with zero attached hydrogens (tertiary/aromatic N) is 2. The largest absolute Gasteiger partial charge is 0.459 e. The first-order valence-corrected chi connectivity index (χ1v) is 5.01. The molecule has 0 aliphatic heterocycles. The van der Waals surface area contributed by atoms with Crippen molar-refractivity contribution in [2.75, 3.05) is 11.9 Å². The van der Waals surface area contributed by atoms with Gasteiger partial charge in [-0.1, -0.05) is 11.6 Å². The van der Waals surface area contributed by atoms with E-state index in [1.165, 1.54) is 12.1 Å². The molecule has 0 aromatic carbocycles. The van der Waals surface area contributed by atoms with Crippen molar-refractivity contribution in [2.24, 2.45) is 0 Å². The van der Waals surface area contributed by atoms with Crippen LogP contribution in [0.3, 0.4) is 0 Å². The zero-order valence-corrected chi connectivity index (χ0v) is 9.61. The fourth-order valence-electron chi connectivity index (χ4n) is 0.976. The Morgan fingerprint density at radius 2 is 2.29 bits per heavy atom. The lowest BCUT2D eigenvalue weighted by molar-refractivity contribution is -0.152. The number of rotatable bonds is 2. The molecule has 0 unspecified atom stereocenters. The van der Waals surface area contributed by atoms with E-state index in [0.29, 0.717) is 0 Å². The van der Waals surface area contributed by atoms with E-state index in [4.69, 9.17) is 16.9 Å². The van der Waals surface area contributed by atoms with Crippen molar-refractivity contribution >= 4 is 29.3 Å². The summed E-state index contributed by atoms with van der Waals surface area (Å²) in [5, 5.41) is 11.0. The molecule has 0 saturated heterocycles. The Labute approximate surface area is 102 Å². The van der Waals surface area contributed by atoms with Gasteiger partial charge in [0.25, 0.3) is 0 Å². The maximum Gasteiger partial charge on any atom is 0.397 e. The molecule has 0 bridgehead atoms. The van der Waals surface area contributed by atoms with Crippen LogP contribution in [-0.4, -0.2) is 23.5 Å². The van der Waals surface area contributed by atoms with Crippen LogP contribution in [-0.2, 0) is 14.3 Å². The molecule has 6 nitrogen and oxygen atoms in total. The lowest BCUT2D eigenvalue weighted by Crippen LogP contribution is -2.25. The highest BCUT2D eigenvalue weighted by Gasteiger charge is 2.17. The molecule has 1 heterocycles. The molecule has 0 radical (unpaired) electrons. The van der Waals surface area contributed by atoms with Gasteiger partial charge in [0.1, 0.15) is 11.2 Å². The Morgan fingerprint density at radius 3 is 2.88 bits per heavy atom. The average Bonchev–Trinajstić information content (AvgIpc) is 2.29. The van der Waals surface area contributed by atoms with E-state index in [1.807, 2.05) is 6.07 Å². The molecule has 0 aliphatic carbocycles. The van der Waals surface area contributed by atoms with E-state index < -0.39 is 11.9 Å². The van der Waals surface area contributed by atoms with Gasteiger partial charge in [-0.05, 0) is 19.1 Å². The van der Waals surface area contributed by atoms with Crippen LogP contribution >= 0.6 is 11.6 Å². The maximum absolute atomic E-state index is 11.3. The molecule has 1 N–H and O–H groups in total. The fraction of sp³-hybridized carbons (Fsp3) is 0.200. The van der Waals surface area contributed by atoms with Crippen molar-refractivity contribution in [1.29, 1.82) is 5.26 Å². The normalized spacial score (nSPS) is 9.24. The molecular weight excluding hydrogens is 246 g/mol. The summed E-state index contributed by atoms with van der Waals surface area (Å²) in [4.78, 5) is 26.1. The Hall–Kier alpha value is -2.13. The van der Waals surface area contributed by atoms with E-state index in [2.05, 4.69) is 15.0 Å². The van der Waals surface area contributed by atoms with Gasteiger partial charge >= 0.3 is 11.9 Å². The maximum atomic E-state index is 11.3. The number of aromatic nitrogens is 1. The predicted molar refractivity (Wildman–Crippen MR) is 59.2 cm³/mol. The Balaban J connectivity index is 2.88. The minimum absolute atomic E-state index is 0.0712. The van der Waals surface area contributed by atoms with Gasteiger partial charge in [0.2, 0.25) is 0 Å². The van der Waals surface area contributed by atoms with Crippen LogP contribution < -0.4 is 5.32 Å². The molecule has 0 spiro atoms. The molecule has 0 aliphatic rings. The number of halogens is 1. The summed E-state index contributed by atoms with van der Waals surface area (Å²) >= 11 is 5.61. The van der Waals surface area contributed by atoms with Gasteiger partial charge in [0.05, 0.1) is 12.2 Å². The van der Waals surface area contributed by atoms with Crippen molar-refractivity contribution in [1.82, 2.24) is 4.98 Å². The number of nitriles is 1. The zero-order chi connectivity index (χ0) is 12.8. The van der Waals surface area contributed by atoms with Crippen LogP contribution in [0.4, 0.5) is 5.82 Å². The second-order valence-electron chi connectivity index (χ2n) is 2.82. The van der Waals surface area contributed by atoms with Crippen LogP contribution in [0.2, 0.25) is 5.15 Å². The number of ether oxygens (including phenoxy) is 1. The van der Waals surface area contributed by atoms with E-state index in [-0.39, 0.29) is 23.1 Å². The number of amides is 1. The lowest BCUT2D eigenvalue weighted by Gasteiger charge is -2.05. The third-order valence-corrected chi connectivity index (χ3v) is 1.88. The van der Waals surface area contributed by atoms with E-state index in [1.54, 1.807) is 6.92 Å².